The first-order chi connectivity index (χ1) is 9.86. The number of piperazine rings is 1. The van der Waals surface area contributed by atoms with Crippen LogP contribution >= 0.6 is 0 Å². The highest BCUT2D eigenvalue weighted by molar-refractivity contribution is 7.89. The topological polar surface area (TPSA) is 77.9 Å². The maximum atomic E-state index is 12.9. The number of hydrogen-bond donors (Lipinski definition) is 1. The number of nitrogens with zero attached hydrogens (tertiary/aromatic N) is 2. The normalized spacial score (nSPS) is 20.5. The lowest BCUT2D eigenvalue weighted by atomic mass is 10.2. The van der Waals surface area contributed by atoms with Crippen molar-refractivity contribution in [2.24, 2.45) is 0 Å². The summed E-state index contributed by atoms with van der Waals surface area (Å²) in [5.41, 5.74) is 0. The molecule has 0 saturated carbocycles. The SMILES string of the molecule is CC(=O)N1CCN(S(=O)(=O)c2ccc(F)cc2)CC1CO. The molecule has 0 aliphatic carbocycles. The summed E-state index contributed by atoms with van der Waals surface area (Å²) in [7, 11) is -3.75. The monoisotopic (exact) mass is 316 g/mol. The van der Waals surface area contributed by atoms with Crippen molar-refractivity contribution < 1.29 is 22.7 Å². The zero-order chi connectivity index (χ0) is 15.6. The Hall–Kier alpha value is -1.51. The van der Waals surface area contributed by atoms with Gasteiger partial charge >= 0.3 is 0 Å². The van der Waals surface area contributed by atoms with Gasteiger partial charge in [-0.1, -0.05) is 0 Å². The largest absolute Gasteiger partial charge is 0.394 e. The van der Waals surface area contributed by atoms with E-state index in [9.17, 15) is 22.7 Å². The molecule has 1 amide bonds. The van der Waals surface area contributed by atoms with E-state index in [1.165, 1.54) is 28.3 Å². The molecule has 1 atom stereocenters. The summed E-state index contributed by atoms with van der Waals surface area (Å²) < 4.78 is 39.0. The van der Waals surface area contributed by atoms with Gasteiger partial charge in [0.15, 0.2) is 0 Å². The molecule has 0 spiro atoms. The number of aliphatic hydroxyl groups excluding tert-OH is 1. The first-order valence-electron chi connectivity index (χ1n) is 6.50. The number of carbonyl (C=O) groups is 1. The zero-order valence-electron chi connectivity index (χ0n) is 11.6. The number of carbonyl (C=O) groups excluding carboxylic acids is 1. The van der Waals surface area contributed by atoms with Gasteiger partial charge in [-0.2, -0.15) is 4.31 Å². The summed E-state index contributed by atoms with van der Waals surface area (Å²) >= 11 is 0. The number of benzene rings is 1. The highest BCUT2D eigenvalue weighted by Crippen LogP contribution is 2.20. The van der Waals surface area contributed by atoms with E-state index in [4.69, 9.17) is 0 Å². The fourth-order valence-electron chi connectivity index (χ4n) is 2.37. The van der Waals surface area contributed by atoms with E-state index >= 15 is 0 Å². The second-order valence-electron chi connectivity index (χ2n) is 4.87. The molecule has 0 radical (unpaired) electrons. The van der Waals surface area contributed by atoms with Crippen LogP contribution < -0.4 is 0 Å². The standard InChI is InChI=1S/C13H17FN2O4S/c1-10(18)16-7-6-15(8-12(16)9-17)21(19,20)13-4-2-11(14)3-5-13/h2-5,12,17H,6-9H2,1H3. The first kappa shape index (κ1) is 15.9. The summed E-state index contributed by atoms with van der Waals surface area (Å²) in [5, 5.41) is 9.34. The summed E-state index contributed by atoms with van der Waals surface area (Å²) in [6, 6.07) is 4.02. The van der Waals surface area contributed by atoms with Gasteiger partial charge in [-0.3, -0.25) is 4.79 Å². The summed E-state index contributed by atoms with van der Waals surface area (Å²) in [6.07, 6.45) is 0. The molecule has 1 aliphatic rings. The van der Waals surface area contributed by atoms with Crippen LogP contribution in [0.5, 0.6) is 0 Å². The van der Waals surface area contributed by atoms with E-state index in [1.807, 2.05) is 0 Å². The van der Waals surface area contributed by atoms with Crippen molar-refractivity contribution >= 4 is 15.9 Å². The third-order valence-electron chi connectivity index (χ3n) is 3.51. The first-order valence-corrected chi connectivity index (χ1v) is 7.94. The molecule has 1 fully saturated rings. The molecular weight excluding hydrogens is 299 g/mol. The van der Waals surface area contributed by atoms with Crippen molar-refractivity contribution in [2.75, 3.05) is 26.2 Å². The van der Waals surface area contributed by atoms with Crippen molar-refractivity contribution in [2.45, 2.75) is 17.9 Å². The Morgan fingerprint density at radius 3 is 2.48 bits per heavy atom. The van der Waals surface area contributed by atoms with Gasteiger partial charge in [0, 0.05) is 26.6 Å². The quantitative estimate of drug-likeness (QED) is 0.854. The number of hydrogen-bond acceptors (Lipinski definition) is 4. The minimum Gasteiger partial charge on any atom is -0.394 e. The molecule has 1 aromatic rings. The maximum Gasteiger partial charge on any atom is 0.243 e. The van der Waals surface area contributed by atoms with Crippen LogP contribution in [0.4, 0.5) is 4.39 Å². The Labute approximate surface area is 122 Å². The minimum atomic E-state index is -3.75. The van der Waals surface area contributed by atoms with Crippen LogP contribution in [0.2, 0.25) is 0 Å². The van der Waals surface area contributed by atoms with Crippen molar-refractivity contribution in [1.29, 1.82) is 0 Å². The molecule has 8 heteroatoms. The Balaban J connectivity index is 2.22. The number of halogens is 1. The molecule has 1 aliphatic heterocycles. The van der Waals surface area contributed by atoms with Gasteiger partial charge < -0.3 is 10.0 Å². The lowest BCUT2D eigenvalue weighted by Gasteiger charge is -2.39. The smallest absolute Gasteiger partial charge is 0.243 e. The average Bonchev–Trinajstić information content (AvgIpc) is 2.46. The number of rotatable bonds is 3. The van der Waals surface area contributed by atoms with Gasteiger partial charge in [-0.15, -0.1) is 0 Å². The highest BCUT2D eigenvalue weighted by atomic mass is 32.2. The number of aliphatic hydroxyl groups is 1. The van der Waals surface area contributed by atoms with E-state index in [1.54, 1.807) is 0 Å². The third-order valence-corrected chi connectivity index (χ3v) is 5.39. The Kier molecular flexibility index (Phi) is 4.60. The Morgan fingerprint density at radius 2 is 1.95 bits per heavy atom. The lowest BCUT2D eigenvalue weighted by molar-refractivity contribution is -0.133. The van der Waals surface area contributed by atoms with Crippen LogP contribution in [0.15, 0.2) is 29.2 Å². The van der Waals surface area contributed by atoms with E-state index in [0.29, 0.717) is 0 Å². The van der Waals surface area contributed by atoms with Gasteiger partial charge in [0.05, 0.1) is 17.5 Å². The Bertz CT molecular complexity index is 618. The average molecular weight is 316 g/mol. The van der Waals surface area contributed by atoms with Crippen LogP contribution in [0.1, 0.15) is 6.92 Å². The molecule has 116 valence electrons. The predicted octanol–water partition coefficient (Wildman–Crippen LogP) is 0.0394. The molecule has 1 unspecified atom stereocenters. The van der Waals surface area contributed by atoms with Crippen LogP contribution in [0.25, 0.3) is 0 Å². The molecule has 21 heavy (non-hydrogen) atoms. The molecule has 1 N–H and O–H groups in total. The molecular formula is C13H17FN2O4S. The van der Waals surface area contributed by atoms with E-state index in [2.05, 4.69) is 0 Å². The number of amides is 1. The second kappa shape index (κ2) is 6.08. The van der Waals surface area contributed by atoms with Crippen LogP contribution in [0, 0.1) is 5.82 Å². The fraction of sp³-hybridized carbons (Fsp3) is 0.462. The third kappa shape index (κ3) is 3.22. The van der Waals surface area contributed by atoms with Crippen LogP contribution in [-0.4, -0.2) is 60.9 Å². The van der Waals surface area contributed by atoms with Gasteiger partial charge in [0.25, 0.3) is 0 Å². The zero-order valence-corrected chi connectivity index (χ0v) is 12.4. The molecule has 2 rings (SSSR count). The van der Waals surface area contributed by atoms with Crippen molar-refractivity contribution in [3.05, 3.63) is 30.1 Å². The van der Waals surface area contributed by atoms with E-state index in [0.717, 1.165) is 12.1 Å². The molecule has 1 heterocycles. The van der Waals surface area contributed by atoms with Gasteiger partial charge in [0.1, 0.15) is 5.82 Å². The molecule has 6 nitrogen and oxygen atoms in total. The number of sulfonamides is 1. The highest BCUT2D eigenvalue weighted by Gasteiger charge is 2.34. The Morgan fingerprint density at radius 1 is 1.33 bits per heavy atom. The molecule has 1 aromatic carbocycles. The predicted molar refractivity (Wildman–Crippen MR) is 73.4 cm³/mol. The van der Waals surface area contributed by atoms with Crippen LogP contribution in [-0.2, 0) is 14.8 Å². The van der Waals surface area contributed by atoms with E-state index < -0.39 is 21.9 Å². The second-order valence-corrected chi connectivity index (χ2v) is 6.80. The van der Waals surface area contributed by atoms with Crippen molar-refractivity contribution in [3.63, 3.8) is 0 Å². The van der Waals surface area contributed by atoms with Crippen molar-refractivity contribution in [3.8, 4) is 0 Å². The summed E-state index contributed by atoms with van der Waals surface area (Å²) in [5.74, 6) is -0.712. The van der Waals surface area contributed by atoms with Gasteiger partial charge in [-0.05, 0) is 24.3 Å². The maximum absolute atomic E-state index is 12.9. The molecule has 0 aromatic heterocycles. The van der Waals surface area contributed by atoms with Crippen molar-refractivity contribution in [1.82, 2.24) is 9.21 Å². The summed E-state index contributed by atoms with van der Waals surface area (Å²) in [6.45, 7) is 1.47. The van der Waals surface area contributed by atoms with Crippen LogP contribution in [0.3, 0.4) is 0 Å². The summed E-state index contributed by atoms with van der Waals surface area (Å²) in [4.78, 5) is 12.9. The van der Waals surface area contributed by atoms with E-state index in [-0.39, 0.29) is 37.0 Å². The van der Waals surface area contributed by atoms with Gasteiger partial charge in [0.2, 0.25) is 15.9 Å². The molecule has 1 saturated heterocycles. The molecule has 0 bridgehead atoms. The fourth-order valence-corrected chi connectivity index (χ4v) is 3.84. The van der Waals surface area contributed by atoms with Gasteiger partial charge in [-0.25, -0.2) is 12.8 Å². The minimum absolute atomic E-state index is 0.00290. The lowest BCUT2D eigenvalue weighted by Crippen LogP contribution is -2.57.